The average Bonchev–Trinajstić information content (AvgIpc) is 2.96. The number of rotatable bonds is 2. The quantitative estimate of drug-likeness (QED) is 0.828. The molecule has 3 aliphatic heterocycles. The Hall–Kier alpha value is -0.0300. The van der Waals surface area contributed by atoms with E-state index in [9.17, 15) is 4.79 Å². The van der Waals surface area contributed by atoms with Crippen LogP contribution in [0.4, 0.5) is 0 Å². The maximum atomic E-state index is 12.7. The Morgan fingerprint density at radius 2 is 1.68 bits per heavy atom. The van der Waals surface area contributed by atoms with Gasteiger partial charge in [0.05, 0.1) is 5.41 Å². The number of nitrogens with one attached hydrogen (secondary N) is 1. The van der Waals surface area contributed by atoms with E-state index in [-0.39, 0.29) is 30.2 Å². The second-order valence-electron chi connectivity index (χ2n) is 7.11. The number of amides is 1. The fourth-order valence-corrected chi connectivity index (χ4v) is 4.10. The first kappa shape index (κ1) is 20.0. The second kappa shape index (κ2) is 8.72. The molecule has 4 nitrogen and oxygen atoms in total. The zero-order chi connectivity index (χ0) is 14.0. The van der Waals surface area contributed by atoms with Crippen LogP contribution in [-0.4, -0.2) is 61.0 Å². The van der Waals surface area contributed by atoms with E-state index in [1.54, 1.807) is 0 Å². The van der Waals surface area contributed by atoms with E-state index in [4.69, 9.17) is 0 Å². The van der Waals surface area contributed by atoms with Gasteiger partial charge in [-0.3, -0.25) is 4.79 Å². The number of nitrogens with zero attached hydrogens (tertiary/aromatic N) is 2. The van der Waals surface area contributed by atoms with Crippen LogP contribution < -0.4 is 5.32 Å². The number of piperidine rings is 2. The van der Waals surface area contributed by atoms with Crippen molar-refractivity contribution in [3.05, 3.63) is 0 Å². The monoisotopic (exact) mass is 351 g/mol. The zero-order valence-corrected chi connectivity index (χ0v) is 15.3. The lowest BCUT2D eigenvalue weighted by atomic mass is 9.87. The molecule has 3 aliphatic rings. The van der Waals surface area contributed by atoms with Crippen LogP contribution in [0.1, 0.15) is 45.4 Å². The minimum absolute atomic E-state index is 0. The molecular weight excluding hydrogens is 321 g/mol. The highest BCUT2D eigenvalue weighted by atomic mass is 35.5. The van der Waals surface area contributed by atoms with Crippen LogP contribution in [0.2, 0.25) is 0 Å². The molecule has 130 valence electrons. The summed E-state index contributed by atoms with van der Waals surface area (Å²) in [7, 11) is 0. The summed E-state index contributed by atoms with van der Waals surface area (Å²) < 4.78 is 0. The van der Waals surface area contributed by atoms with Crippen molar-refractivity contribution >= 4 is 30.7 Å². The van der Waals surface area contributed by atoms with Gasteiger partial charge in [-0.15, -0.1) is 24.8 Å². The third-order valence-electron chi connectivity index (χ3n) is 5.54. The Morgan fingerprint density at radius 3 is 2.23 bits per heavy atom. The molecule has 0 saturated carbocycles. The van der Waals surface area contributed by atoms with E-state index in [0.717, 1.165) is 38.6 Å². The molecule has 3 heterocycles. The van der Waals surface area contributed by atoms with E-state index < -0.39 is 0 Å². The highest BCUT2D eigenvalue weighted by molar-refractivity contribution is 5.85. The first-order valence-corrected chi connectivity index (χ1v) is 8.43. The Bertz CT molecular complexity index is 347. The fraction of sp³-hybridized carbons (Fsp3) is 0.938. The summed E-state index contributed by atoms with van der Waals surface area (Å²) in [5.41, 5.74) is -0.141. The largest absolute Gasteiger partial charge is 0.342 e. The first-order valence-electron chi connectivity index (χ1n) is 8.43. The van der Waals surface area contributed by atoms with Crippen molar-refractivity contribution in [3.8, 4) is 0 Å². The second-order valence-corrected chi connectivity index (χ2v) is 7.11. The lowest BCUT2D eigenvalue weighted by molar-refractivity contribution is -0.141. The number of hydrogen-bond acceptors (Lipinski definition) is 3. The van der Waals surface area contributed by atoms with Gasteiger partial charge in [0.15, 0.2) is 0 Å². The SMILES string of the molecule is CC1(C(=O)N2CCC(N3CCCCC3)CC2)CCNC1.Cl.Cl. The van der Waals surface area contributed by atoms with E-state index in [1.807, 2.05) is 0 Å². The molecule has 0 spiro atoms. The number of carbonyl (C=O) groups is 1. The van der Waals surface area contributed by atoms with Gasteiger partial charge in [-0.2, -0.15) is 0 Å². The van der Waals surface area contributed by atoms with Gasteiger partial charge in [0.25, 0.3) is 0 Å². The minimum Gasteiger partial charge on any atom is -0.342 e. The Balaban J connectivity index is 0.00000121. The smallest absolute Gasteiger partial charge is 0.229 e. The summed E-state index contributed by atoms with van der Waals surface area (Å²) in [4.78, 5) is 17.5. The summed E-state index contributed by atoms with van der Waals surface area (Å²) in [6, 6.07) is 0.730. The molecule has 3 fully saturated rings. The van der Waals surface area contributed by atoms with Crippen LogP contribution in [0.5, 0.6) is 0 Å². The van der Waals surface area contributed by atoms with Crippen LogP contribution >= 0.6 is 24.8 Å². The van der Waals surface area contributed by atoms with Crippen molar-refractivity contribution in [2.24, 2.45) is 5.41 Å². The van der Waals surface area contributed by atoms with Crippen LogP contribution in [0.15, 0.2) is 0 Å². The van der Waals surface area contributed by atoms with E-state index in [0.29, 0.717) is 5.91 Å². The predicted molar refractivity (Wildman–Crippen MR) is 95.1 cm³/mol. The molecule has 3 saturated heterocycles. The van der Waals surface area contributed by atoms with Gasteiger partial charge in [-0.05, 0) is 58.7 Å². The average molecular weight is 352 g/mol. The van der Waals surface area contributed by atoms with Crippen LogP contribution in [0.25, 0.3) is 0 Å². The Kier molecular flexibility index (Phi) is 7.93. The molecule has 3 rings (SSSR count). The summed E-state index contributed by atoms with van der Waals surface area (Å²) in [6.07, 6.45) is 7.48. The Labute approximate surface area is 147 Å². The van der Waals surface area contributed by atoms with Gasteiger partial charge >= 0.3 is 0 Å². The maximum absolute atomic E-state index is 12.7. The summed E-state index contributed by atoms with van der Waals surface area (Å²) in [6.45, 7) is 8.47. The van der Waals surface area contributed by atoms with Crippen molar-refractivity contribution < 1.29 is 4.79 Å². The van der Waals surface area contributed by atoms with E-state index in [1.165, 1.54) is 45.2 Å². The zero-order valence-electron chi connectivity index (χ0n) is 13.7. The molecule has 22 heavy (non-hydrogen) atoms. The van der Waals surface area contributed by atoms with E-state index >= 15 is 0 Å². The fourth-order valence-electron chi connectivity index (χ4n) is 4.10. The standard InChI is InChI=1S/C16H29N3O.2ClH/c1-16(7-8-17-13-16)15(20)19-11-5-14(6-12-19)18-9-3-2-4-10-18;;/h14,17H,2-13H2,1H3;2*1H. The molecule has 0 aromatic heterocycles. The minimum atomic E-state index is -0.141. The van der Waals surface area contributed by atoms with Crippen molar-refractivity contribution in [1.29, 1.82) is 0 Å². The van der Waals surface area contributed by atoms with Crippen LogP contribution in [0.3, 0.4) is 0 Å². The van der Waals surface area contributed by atoms with Crippen molar-refractivity contribution in [3.63, 3.8) is 0 Å². The third-order valence-corrected chi connectivity index (χ3v) is 5.54. The molecule has 0 aromatic carbocycles. The molecule has 1 amide bonds. The molecular formula is C16H31Cl2N3O. The highest BCUT2D eigenvalue weighted by Crippen LogP contribution is 2.29. The number of halogens is 2. The predicted octanol–water partition coefficient (Wildman–Crippen LogP) is 2.31. The molecule has 0 bridgehead atoms. The topological polar surface area (TPSA) is 35.6 Å². The van der Waals surface area contributed by atoms with Crippen molar-refractivity contribution in [2.45, 2.75) is 51.5 Å². The van der Waals surface area contributed by atoms with Gasteiger partial charge in [0.1, 0.15) is 0 Å². The van der Waals surface area contributed by atoms with Gasteiger partial charge in [0, 0.05) is 25.7 Å². The molecule has 0 radical (unpaired) electrons. The normalized spacial score (nSPS) is 30.5. The van der Waals surface area contributed by atoms with Crippen LogP contribution in [0, 0.1) is 5.41 Å². The molecule has 1 unspecified atom stereocenters. The first-order chi connectivity index (χ1) is 9.69. The van der Waals surface area contributed by atoms with Gasteiger partial charge in [-0.1, -0.05) is 6.42 Å². The molecule has 1 N–H and O–H groups in total. The molecule has 6 heteroatoms. The summed E-state index contributed by atoms with van der Waals surface area (Å²) in [5.74, 6) is 0.389. The number of likely N-dealkylation sites (tertiary alicyclic amines) is 2. The molecule has 1 atom stereocenters. The lowest BCUT2D eigenvalue weighted by Crippen LogP contribution is -2.51. The Morgan fingerprint density at radius 1 is 1.05 bits per heavy atom. The van der Waals surface area contributed by atoms with Crippen LogP contribution in [-0.2, 0) is 4.79 Å². The molecule has 0 aliphatic carbocycles. The summed E-state index contributed by atoms with van der Waals surface area (Å²) >= 11 is 0. The molecule has 0 aromatic rings. The van der Waals surface area contributed by atoms with Crippen molar-refractivity contribution in [2.75, 3.05) is 39.3 Å². The maximum Gasteiger partial charge on any atom is 0.229 e. The van der Waals surface area contributed by atoms with Crippen molar-refractivity contribution in [1.82, 2.24) is 15.1 Å². The lowest BCUT2D eigenvalue weighted by Gasteiger charge is -2.42. The van der Waals surface area contributed by atoms with E-state index in [2.05, 4.69) is 22.0 Å². The number of hydrogen-bond donors (Lipinski definition) is 1. The summed E-state index contributed by atoms with van der Waals surface area (Å²) in [5, 5.41) is 3.34. The number of carbonyl (C=O) groups excluding carboxylic acids is 1. The third kappa shape index (κ3) is 4.28. The van der Waals surface area contributed by atoms with Gasteiger partial charge in [0.2, 0.25) is 5.91 Å². The van der Waals surface area contributed by atoms with Gasteiger partial charge < -0.3 is 15.1 Å². The highest BCUT2D eigenvalue weighted by Gasteiger charge is 2.40. The van der Waals surface area contributed by atoms with Gasteiger partial charge in [-0.25, -0.2) is 0 Å².